The molecule has 6 heteroatoms. The molecule has 0 unspecified atom stereocenters. The first kappa shape index (κ1) is 13.0. The molecule has 16 heavy (non-hydrogen) atoms. The molecule has 0 heterocycles. The maximum atomic E-state index is 11.5. The molecule has 0 aliphatic heterocycles. The maximum absolute atomic E-state index is 11.5. The van der Waals surface area contributed by atoms with Crippen LogP contribution in [0.25, 0.3) is 0 Å². The predicted molar refractivity (Wildman–Crippen MR) is 61.1 cm³/mol. The Balaban J connectivity index is 2.55. The number of hydroxylamine groups is 1. The fraction of sp³-hybridized carbons (Fsp3) is 0.300. The van der Waals surface area contributed by atoms with Gasteiger partial charge in [0.2, 0.25) is 0 Å². The topological polar surface area (TPSA) is 67.8 Å². The number of carbonyl (C=O) groups excluding carboxylic acids is 1. The van der Waals surface area contributed by atoms with E-state index in [0.717, 1.165) is 0 Å². The summed E-state index contributed by atoms with van der Waals surface area (Å²) < 4.78 is 5.44. The summed E-state index contributed by atoms with van der Waals surface area (Å²) in [4.78, 5) is 16.4. The van der Waals surface area contributed by atoms with Crippen LogP contribution in [-0.2, 0) is 9.57 Å². The standard InChI is InChI=1S/C10H12BrNO4/c1-15-4-5-16-12-10(14)8-6-7(11)2-3-9(8)13/h2-3,6,13H,4-5H2,1H3,(H,12,14). The van der Waals surface area contributed by atoms with Crippen LogP contribution in [0.15, 0.2) is 22.7 Å². The van der Waals surface area contributed by atoms with Gasteiger partial charge in [-0.05, 0) is 18.2 Å². The van der Waals surface area contributed by atoms with E-state index in [1.807, 2.05) is 0 Å². The molecule has 1 aromatic rings. The number of hydrogen-bond donors (Lipinski definition) is 2. The smallest absolute Gasteiger partial charge is 0.278 e. The van der Waals surface area contributed by atoms with Crippen molar-refractivity contribution in [1.82, 2.24) is 5.48 Å². The summed E-state index contributed by atoms with van der Waals surface area (Å²) in [6.07, 6.45) is 0. The van der Waals surface area contributed by atoms with Gasteiger partial charge < -0.3 is 9.84 Å². The van der Waals surface area contributed by atoms with Crippen LogP contribution in [0.4, 0.5) is 0 Å². The van der Waals surface area contributed by atoms with Crippen molar-refractivity contribution in [2.24, 2.45) is 0 Å². The van der Waals surface area contributed by atoms with E-state index in [9.17, 15) is 9.90 Å². The van der Waals surface area contributed by atoms with Gasteiger partial charge in [0.05, 0.1) is 18.8 Å². The Labute approximate surface area is 101 Å². The second kappa shape index (κ2) is 6.47. The lowest BCUT2D eigenvalue weighted by atomic mass is 10.2. The van der Waals surface area contributed by atoms with E-state index in [0.29, 0.717) is 11.1 Å². The molecule has 0 saturated heterocycles. The van der Waals surface area contributed by atoms with Crippen LogP contribution in [0.2, 0.25) is 0 Å². The number of rotatable bonds is 5. The molecule has 1 rings (SSSR count). The van der Waals surface area contributed by atoms with Gasteiger partial charge in [-0.15, -0.1) is 0 Å². The van der Waals surface area contributed by atoms with Crippen molar-refractivity contribution >= 4 is 21.8 Å². The summed E-state index contributed by atoms with van der Waals surface area (Å²) in [6, 6.07) is 4.57. The number of phenolic OH excluding ortho intramolecular Hbond substituents is 1. The Hall–Kier alpha value is -1.11. The number of nitrogens with one attached hydrogen (secondary N) is 1. The Morgan fingerprint density at radius 2 is 2.25 bits per heavy atom. The van der Waals surface area contributed by atoms with E-state index in [1.54, 1.807) is 6.07 Å². The van der Waals surface area contributed by atoms with Crippen LogP contribution in [0.5, 0.6) is 5.75 Å². The molecule has 0 spiro atoms. The van der Waals surface area contributed by atoms with Crippen molar-refractivity contribution in [2.45, 2.75) is 0 Å². The van der Waals surface area contributed by atoms with Crippen LogP contribution >= 0.6 is 15.9 Å². The largest absolute Gasteiger partial charge is 0.507 e. The number of hydrogen-bond acceptors (Lipinski definition) is 4. The number of amides is 1. The lowest BCUT2D eigenvalue weighted by Gasteiger charge is -2.07. The minimum Gasteiger partial charge on any atom is -0.507 e. The molecule has 5 nitrogen and oxygen atoms in total. The highest BCUT2D eigenvalue weighted by Crippen LogP contribution is 2.21. The van der Waals surface area contributed by atoms with Gasteiger partial charge in [-0.25, -0.2) is 5.48 Å². The average molecular weight is 290 g/mol. The zero-order valence-corrected chi connectivity index (χ0v) is 10.3. The molecule has 2 N–H and O–H groups in total. The second-order valence-electron chi connectivity index (χ2n) is 2.93. The van der Waals surface area contributed by atoms with E-state index in [2.05, 4.69) is 21.4 Å². The number of aromatic hydroxyl groups is 1. The summed E-state index contributed by atoms with van der Waals surface area (Å²) >= 11 is 3.21. The molecule has 1 aromatic carbocycles. The third-order valence-electron chi connectivity index (χ3n) is 1.76. The van der Waals surface area contributed by atoms with Crippen molar-refractivity contribution in [3.8, 4) is 5.75 Å². The number of benzene rings is 1. The van der Waals surface area contributed by atoms with E-state index in [4.69, 9.17) is 9.57 Å². The summed E-state index contributed by atoms with van der Waals surface area (Å²) in [5, 5.41) is 9.45. The lowest BCUT2D eigenvalue weighted by molar-refractivity contribution is 0.00874. The monoisotopic (exact) mass is 289 g/mol. The van der Waals surface area contributed by atoms with Crippen molar-refractivity contribution in [2.75, 3.05) is 20.3 Å². The number of methoxy groups -OCH3 is 1. The first-order valence-electron chi connectivity index (χ1n) is 4.54. The minimum absolute atomic E-state index is 0.101. The van der Waals surface area contributed by atoms with Gasteiger partial charge in [-0.3, -0.25) is 9.63 Å². The molecule has 0 atom stereocenters. The fourth-order valence-corrected chi connectivity index (χ4v) is 1.35. The second-order valence-corrected chi connectivity index (χ2v) is 3.85. The SMILES string of the molecule is COCCONC(=O)c1cc(Br)ccc1O. The molecule has 0 bridgehead atoms. The quantitative estimate of drug-likeness (QED) is 0.636. The summed E-state index contributed by atoms with van der Waals surface area (Å²) in [5.74, 6) is -0.606. The van der Waals surface area contributed by atoms with Crippen LogP contribution in [0.1, 0.15) is 10.4 Å². The molecular weight excluding hydrogens is 278 g/mol. The molecule has 0 aromatic heterocycles. The predicted octanol–water partition coefficient (Wildman–Crippen LogP) is 1.46. The van der Waals surface area contributed by atoms with Crippen molar-refractivity contribution in [1.29, 1.82) is 0 Å². The van der Waals surface area contributed by atoms with E-state index >= 15 is 0 Å². The van der Waals surface area contributed by atoms with Gasteiger partial charge >= 0.3 is 0 Å². The van der Waals surface area contributed by atoms with Crippen LogP contribution in [0, 0.1) is 0 Å². The van der Waals surface area contributed by atoms with Crippen molar-refractivity contribution in [3.05, 3.63) is 28.2 Å². The molecular formula is C10H12BrNO4. The minimum atomic E-state index is -0.505. The number of carbonyl (C=O) groups is 1. The third kappa shape index (κ3) is 3.80. The van der Waals surface area contributed by atoms with Crippen LogP contribution in [-0.4, -0.2) is 31.3 Å². The van der Waals surface area contributed by atoms with Gasteiger partial charge in [0, 0.05) is 11.6 Å². The van der Waals surface area contributed by atoms with E-state index in [-0.39, 0.29) is 17.9 Å². The van der Waals surface area contributed by atoms with Crippen LogP contribution in [0.3, 0.4) is 0 Å². The normalized spacial score (nSPS) is 10.1. The molecule has 88 valence electrons. The Kier molecular flexibility index (Phi) is 5.24. The van der Waals surface area contributed by atoms with Crippen molar-refractivity contribution in [3.63, 3.8) is 0 Å². The highest BCUT2D eigenvalue weighted by molar-refractivity contribution is 9.10. The highest BCUT2D eigenvalue weighted by atomic mass is 79.9. The number of phenols is 1. The Bertz CT molecular complexity index is 370. The van der Waals surface area contributed by atoms with E-state index < -0.39 is 5.91 Å². The average Bonchev–Trinajstić information content (AvgIpc) is 2.27. The van der Waals surface area contributed by atoms with Gasteiger partial charge in [-0.2, -0.15) is 0 Å². The van der Waals surface area contributed by atoms with Gasteiger partial charge in [-0.1, -0.05) is 15.9 Å². The maximum Gasteiger partial charge on any atom is 0.278 e. The van der Waals surface area contributed by atoms with Crippen molar-refractivity contribution < 1.29 is 19.5 Å². The third-order valence-corrected chi connectivity index (χ3v) is 2.25. The molecule has 0 aliphatic carbocycles. The molecule has 1 amide bonds. The van der Waals surface area contributed by atoms with Gasteiger partial charge in [0.15, 0.2) is 0 Å². The zero-order valence-electron chi connectivity index (χ0n) is 8.70. The first-order chi connectivity index (χ1) is 7.65. The van der Waals surface area contributed by atoms with Gasteiger partial charge in [0.25, 0.3) is 5.91 Å². The van der Waals surface area contributed by atoms with E-state index in [1.165, 1.54) is 19.2 Å². The summed E-state index contributed by atoms with van der Waals surface area (Å²) in [6.45, 7) is 0.627. The molecule has 0 radical (unpaired) electrons. The number of ether oxygens (including phenoxy) is 1. The van der Waals surface area contributed by atoms with Crippen LogP contribution < -0.4 is 5.48 Å². The molecule has 0 fully saturated rings. The number of halogens is 1. The Morgan fingerprint density at radius 1 is 1.50 bits per heavy atom. The fourth-order valence-electron chi connectivity index (χ4n) is 0.987. The molecule has 0 aliphatic rings. The summed E-state index contributed by atoms with van der Waals surface area (Å²) in [7, 11) is 1.53. The molecule has 0 saturated carbocycles. The zero-order chi connectivity index (χ0) is 12.0. The first-order valence-corrected chi connectivity index (χ1v) is 5.34. The summed E-state index contributed by atoms with van der Waals surface area (Å²) in [5.41, 5.74) is 2.35. The lowest BCUT2D eigenvalue weighted by Crippen LogP contribution is -2.25. The van der Waals surface area contributed by atoms with Gasteiger partial charge in [0.1, 0.15) is 5.75 Å². The highest BCUT2D eigenvalue weighted by Gasteiger charge is 2.11. The Morgan fingerprint density at radius 3 is 2.94 bits per heavy atom.